The van der Waals surface area contributed by atoms with Gasteiger partial charge >= 0.3 is 5.97 Å². The van der Waals surface area contributed by atoms with Crippen LogP contribution in [0.15, 0.2) is 0 Å². The second-order valence-corrected chi connectivity index (χ2v) is 6.18. The molecule has 1 rings (SSSR count). The number of carbonyl (C=O) groups excluding carboxylic acids is 2. The van der Waals surface area contributed by atoms with Gasteiger partial charge in [-0.3, -0.25) is 4.79 Å². The van der Waals surface area contributed by atoms with E-state index in [2.05, 4.69) is 5.32 Å². The lowest BCUT2D eigenvalue weighted by Crippen LogP contribution is -2.67. The lowest BCUT2D eigenvalue weighted by Gasteiger charge is -2.45. The molecule has 0 saturated carbocycles. The van der Waals surface area contributed by atoms with E-state index in [1.54, 1.807) is 0 Å². The van der Waals surface area contributed by atoms with Crippen molar-refractivity contribution < 1.29 is 39.5 Å². The molecule has 0 radical (unpaired) electrons. The van der Waals surface area contributed by atoms with Crippen LogP contribution in [0.3, 0.4) is 0 Å². The first kappa shape index (κ1) is 20.5. The quantitative estimate of drug-likeness (QED) is 0.180. The molecule has 6 atom stereocenters. The normalized spacial score (nSPS) is 33.6. The molecule has 1 aliphatic rings. The molecule has 0 bridgehead atoms. The second kappa shape index (κ2) is 8.53. The van der Waals surface area contributed by atoms with Gasteiger partial charge in [-0.2, -0.15) is 0 Å². The van der Waals surface area contributed by atoms with Crippen molar-refractivity contribution in [2.75, 3.05) is 11.0 Å². The van der Waals surface area contributed by atoms with E-state index in [0.717, 1.165) is 0 Å². The zero-order valence-electron chi connectivity index (χ0n) is 12.8. The van der Waals surface area contributed by atoms with Crippen LogP contribution in [0.25, 0.3) is 0 Å². The summed E-state index contributed by atoms with van der Waals surface area (Å²) in [5.74, 6) is -4.08. The largest absolute Gasteiger partial charge is 0.462 e. The molecule has 1 amide bonds. The monoisotopic (exact) mass is 447 g/mol. The van der Waals surface area contributed by atoms with Gasteiger partial charge in [-0.05, 0) is 6.92 Å². The van der Waals surface area contributed by atoms with Gasteiger partial charge in [0.1, 0.15) is 12.2 Å². The highest BCUT2D eigenvalue weighted by molar-refractivity contribution is 14.1. The maximum Gasteiger partial charge on any atom is 0.366 e. The minimum absolute atomic E-state index is 0.0146. The Kier molecular flexibility index (Phi) is 7.61. The Hall–Kier alpha value is -0.530. The van der Waals surface area contributed by atoms with Gasteiger partial charge < -0.3 is 35.2 Å². The number of hydrogen-bond acceptors (Lipinski definition) is 8. The number of halogens is 1. The summed E-state index contributed by atoms with van der Waals surface area (Å²) >= 11 is 1.83. The molecule has 0 aliphatic carbocycles. The van der Waals surface area contributed by atoms with Crippen molar-refractivity contribution >= 4 is 34.5 Å². The van der Waals surface area contributed by atoms with E-state index in [1.807, 2.05) is 22.6 Å². The predicted octanol–water partition coefficient (Wildman–Crippen LogP) is -1.95. The third-order valence-electron chi connectivity index (χ3n) is 3.44. The Morgan fingerprint density at radius 2 is 2.09 bits per heavy atom. The summed E-state index contributed by atoms with van der Waals surface area (Å²) in [6.07, 6.45) is -6.11. The SMILES string of the molecule is CCOC(=O)C1(O)C[C@H](O)[C@@H](NC(C)=O)[C@H]([C@H](O)[C@H](O)CI)O1. The number of aliphatic hydroxyl groups excluding tert-OH is 3. The number of amides is 1. The fraction of sp³-hybridized carbons (Fsp3) is 0.846. The van der Waals surface area contributed by atoms with Crippen LogP contribution >= 0.6 is 22.6 Å². The van der Waals surface area contributed by atoms with Crippen molar-refractivity contribution in [3.05, 3.63) is 0 Å². The first-order valence-electron chi connectivity index (χ1n) is 7.11. The zero-order chi connectivity index (χ0) is 17.8. The maximum atomic E-state index is 11.9. The van der Waals surface area contributed by atoms with Crippen molar-refractivity contribution in [1.82, 2.24) is 5.32 Å². The molecule has 1 saturated heterocycles. The summed E-state index contributed by atoms with van der Waals surface area (Å²) < 4.78 is 10.1. The lowest BCUT2D eigenvalue weighted by atomic mass is 9.89. The highest BCUT2D eigenvalue weighted by Gasteiger charge is 2.54. The van der Waals surface area contributed by atoms with Crippen molar-refractivity contribution in [1.29, 1.82) is 0 Å². The molecule has 23 heavy (non-hydrogen) atoms. The summed E-state index contributed by atoms with van der Waals surface area (Å²) in [6, 6.07) is -1.10. The molecule has 1 aliphatic heterocycles. The summed E-state index contributed by atoms with van der Waals surface area (Å²) in [5.41, 5.74) is 0. The number of carbonyl (C=O) groups is 2. The Labute approximate surface area is 147 Å². The van der Waals surface area contributed by atoms with Crippen molar-refractivity contribution in [2.24, 2.45) is 0 Å². The molecule has 9 nitrogen and oxygen atoms in total. The van der Waals surface area contributed by atoms with Gasteiger partial charge in [-0.25, -0.2) is 4.79 Å². The van der Waals surface area contributed by atoms with Crippen LogP contribution in [0.4, 0.5) is 0 Å². The maximum absolute atomic E-state index is 11.9. The number of hydrogen-bond donors (Lipinski definition) is 5. The minimum Gasteiger partial charge on any atom is -0.462 e. The number of esters is 1. The number of nitrogens with one attached hydrogen (secondary N) is 1. The lowest BCUT2D eigenvalue weighted by molar-refractivity contribution is -0.295. The highest BCUT2D eigenvalue weighted by atomic mass is 127. The molecule has 1 unspecified atom stereocenters. The van der Waals surface area contributed by atoms with Gasteiger partial charge in [-0.1, -0.05) is 22.6 Å². The van der Waals surface area contributed by atoms with Crippen LogP contribution in [-0.4, -0.2) is 79.6 Å². The van der Waals surface area contributed by atoms with Gasteiger partial charge in [0.2, 0.25) is 5.91 Å². The Balaban J connectivity index is 3.08. The molecular weight excluding hydrogens is 425 g/mol. The van der Waals surface area contributed by atoms with Crippen molar-refractivity contribution in [2.45, 2.75) is 56.5 Å². The van der Waals surface area contributed by atoms with Crippen molar-refractivity contribution in [3.63, 3.8) is 0 Å². The smallest absolute Gasteiger partial charge is 0.366 e. The summed E-state index contributed by atoms with van der Waals surface area (Å²) in [5, 5.41) is 42.9. The predicted molar refractivity (Wildman–Crippen MR) is 85.6 cm³/mol. The van der Waals surface area contributed by atoms with E-state index in [-0.39, 0.29) is 11.0 Å². The van der Waals surface area contributed by atoms with Crippen LogP contribution < -0.4 is 5.32 Å². The van der Waals surface area contributed by atoms with E-state index in [0.29, 0.717) is 0 Å². The van der Waals surface area contributed by atoms with Crippen LogP contribution in [0.1, 0.15) is 20.3 Å². The van der Waals surface area contributed by atoms with Gasteiger partial charge in [0, 0.05) is 17.8 Å². The zero-order valence-corrected chi connectivity index (χ0v) is 15.0. The Morgan fingerprint density at radius 3 is 2.57 bits per heavy atom. The molecule has 0 aromatic carbocycles. The topological polar surface area (TPSA) is 146 Å². The van der Waals surface area contributed by atoms with E-state index < -0.39 is 54.5 Å². The van der Waals surface area contributed by atoms with E-state index in [1.165, 1.54) is 13.8 Å². The van der Waals surface area contributed by atoms with Gasteiger partial charge in [0.25, 0.3) is 5.79 Å². The molecule has 10 heteroatoms. The Morgan fingerprint density at radius 1 is 1.48 bits per heavy atom. The number of aliphatic hydroxyl groups is 4. The molecule has 0 spiro atoms. The molecule has 0 aromatic heterocycles. The van der Waals surface area contributed by atoms with Crippen LogP contribution in [0, 0.1) is 0 Å². The first-order valence-corrected chi connectivity index (χ1v) is 8.63. The number of ether oxygens (including phenoxy) is 2. The standard InChI is InChI=1S/C13H22INO8/c1-3-22-12(20)13(21)4-7(17)9(15-6(2)16)11(23-13)10(19)8(18)5-14/h7-11,17-19,21H,3-5H2,1-2H3,(H,15,16)/t7-,8+,9+,10+,11+,13?/m0/s1. The van der Waals surface area contributed by atoms with Crippen molar-refractivity contribution in [3.8, 4) is 0 Å². The molecule has 1 fully saturated rings. The molecule has 1 heterocycles. The summed E-state index contributed by atoms with van der Waals surface area (Å²) in [4.78, 5) is 23.1. The second-order valence-electron chi connectivity index (χ2n) is 5.30. The molecule has 134 valence electrons. The summed E-state index contributed by atoms with van der Waals surface area (Å²) in [6.45, 7) is 2.73. The third-order valence-corrected chi connectivity index (χ3v) is 4.34. The van der Waals surface area contributed by atoms with Gasteiger partial charge in [-0.15, -0.1) is 0 Å². The van der Waals surface area contributed by atoms with E-state index in [4.69, 9.17) is 9.47 Å². The van der Waals surface area contributed by atoms with Crippen LogP contribution in [0.5, 0.6) is 0 Å². The molecule has 0 aromatic rings. The fourth-order valence-corrected chi connectivity index (χ4v) is 2.88. The van der Waals surface area contributed by atoms with Gasteiger partial charge in [0.15, 0.2) is 0 Å². The van der Waals surface area contributed by atoms with Crippen LogP contribution in [0.2, 0.25) is 0 Å². The average Bonchev–Trinajstić information content (AvgIpc) is 2.48. The molecular formula is C13H22INO8. The van der Waals surface area contributed by atoms with Gasteiger partial charge in [0.05, 0.1) is 24.9 Å². The third kappa shape index (κ3) is 4.97. The first-order chi connectivity index (χ1) is 10.7. The molecule has 5 N–H and O–H groups in total. The number of alkyl halides is 1. The highest BCUT2D eigenvalue weighted by Crippen LogP contribution is 2.31. The van der Waals surface area contributed by atoms with E-state index in [9.17, 15) is 30.0 Å². The van der Waals surface area contributed by atoms with Crippen LogP contribution in [-0.2, 0) is 19.1 Å². The number of rotatable bonds is 6. The summed E-state index contributed by atoms with van der Waals surface area (Å²) in [7, 11) is 0. The minimum atomic E-state index is -2.47. The average molecular weight is 447 g/mol. The van der Waals surface area contributed by atoms with E-state index >= 15 is 0 Å². The Bertz CT molecular complexity index is 436. The fourth-order valence-electron chi connectivity index (χ4n) is 2.36.